The van der Waals surface area contributed by atoms with E-state index in [0.717, 1.165) is 5.69 Å². The van der Waals surface area contributed by atoms with Gasteiger partial charge in [-0.3, -0.25) is 0 Å². The molecule has 7 aromatic carbocycles. The van der Waals surface area contributed by atoms with Gasteiger partial charge in [0.15, 0.2) is 0 Å². The van der Waals surface area contributed by atoms with Crippen LogP contribution >= 0.6 is 11.3 Å². The molecule has 0 aliphatic heterocycles. The van der Waals surface area contributed by atoms with Crippen molar-refractivity contribution in [1.29, 1.82) is 0 Å². The van der Waals surface area contributed by atoms with Gasteiger partial charge in [-0.15, -0.1) is 0 Å². The van der Waals surface area contributed by atoms with Crippen molar-refractivity contribution in [2.45, 2.75) is 0 Å². The predicted octanol–water partition coefficient (Wildman–Crippen LogP) is 12.0. The predicted molar refractivity (Wildman–Crippen MR) is 200 cm³/mol. The third-order valence-corrected chi connectivity index (χ3v) is 12.7. The molecule has 0 saturated heterocycles. The molecule has 0 unspecified atom stereocenters. The van der Waals surface area contributed by atoms with Gasteiger partial charge in [0.25, 0.3) is 0 Å². The number of rotatable bonds is 4. The Morgan fingerprint density at radius 3 is 1.87 bits per heavy atom. The van der Waals surface area contributed by atoms with E-state index in [0.29, 0.717) is 0 Å². The monoisotopic (exact) mass is 670 g/mol. The van der Waals surface area contributed by atoms with Gasteiger partial charge in [-0.1, -0.05) is 0 Å². The molecule has 3 heterocycles. The van der Waals surface area contributed by atoms with Crippen LogP contribution in [0.4, 0.5) is 17.1 Å². The van der Waals surface area contributed by atoms with Crippen molar-refractivity contribution in [3.05, 3.63) is 158 Å². The van der Waals surface area contributed by atoms with Gasteiger partial charge in [-0.05, 0) is 0 Å². The molecule has 2 nitrogen and oxygen atoms in total. The molecule has 10 aromatic rings. The van der Waals surface area contributed by atoms with Crippen molar-refractivity contribution < 1.29 is 0 Å². The molecule has 0 bridgehead atoms. The normalized spacial score (nSPS) is 11.9. The maximum atomic E-state index is 2.45. The molecule has 0 fully saturated rings. The Kier molecular flexibility index (Phi) is 5.79. The number of hydrogen-bond donors (Lipinski definition) is 0. The van der Waals surface area contributed by atoms with Crippen molar-refractivity contribution in [1.82, 2.24) is 4.57 Å². The van der Waals surface area contributed by atoms with Gasteiger partial charge in [0.2, 0.25) is 0 Å². The van der Waals surface area contributed by atoms with E-state index >= 15 is 0 Å². The Bertz CT molecular complexity index is 2650. The third-order valence-electron chi connectivity index (χ3n) is 9.17. The zero-order chi connectivity index (χ0) is 30.2. The summed E-state index contributed by atoms with van der Waals surface area (Å²) in [5, 5.41) is 7.93. The number of anilines is 3. The number of thiophene rings is 1. The molecule has 4 heteroatoms. The van der Waals surface area contributed by atoms with Crippen LogP contribution in [0.3, 0.4) is 0 Å². The Morgan fingerprint density at radius 2 is 1.00 bits per heavy atom. The second-order valence-electron chi connectivity index (χ2n) is 11.8. The van der Waals surface area contributed by atoms with Crippen LogP contribution in [0.5, 0.6) is 0 Å². The summed E-state index contributed by atoms with van der Waals surface area (Å²) in [4.78, 5) is 2.45. The van der Waals surface area contributed by atoms with Crippen molar-refractivity contribution >= 4 is 104 Å². The van der Waals surface area contributed by atoms with E-state index in [9.17, 15) is 0 Å². The van der Waals surface area contributed by atoms with Gasteiger partial charge < -0.3 is 0 Å². The summed E-state index contributed by atoms with van der Waals surface area (Å²) >= 11 is 2.16. The molecule has 10 rings (SSSR count). The van der Waals surface area contributed by atoms with Crippen LogP contribution < -0.4 is 4.90 Å². The molecule has 0 atom stereocenters. The Labute approximate surface area is 275 Å². The second kappa shape index (κ2) is 10.2. The number of aromatic nitrogens is 1. The van der Waals surface area contributed by atoms with Gasteiger partial charge in [0.05, 0.1) is 0 Å². The average Bonchev–Trinajstić information content (AvgIpc) is 3.77. The topological polar surface area (TPSA) is 8.17 Å². The number of benzene rings is 7. The molecule has 0 radical (unpaired) electrons. The van der Waals surface area contributed by atoms with Crippen LogP contribution in [0.25, 0.3) is 67.0 Å². The van der Waals surface area contributed by atoms with E-state index in [4.69, 9.17) is 0 Å². The van der Waals surface area contributed by atoms with Crippen molar-refractivity contribution in [2.24, 2.45) is 0 Å². The van der Waals surface area contributed by atoms with Crippen LogP contribution in [-0.2, 0) is 0 Å². The number of hydrogen-bond acceptors (Lipinski definition) is 2. The standard InChI is InChI=1S/C42H26N2SSe/c1-2-10-27(11-3-1)44-37-15-7-4-12-31(37)32-21-18-28(24-38(32)44)43(29-19-22-34-33-13-5-8-16-39(33)45-40(34)25-29)30-20-23-36-35-14-6-9-17-41(35)46-42(36)26-30/h1-26H. The van der Waals surface area contributed by atoms with Crippen LogP contribution in [0.2, 0.25) is 0 Å². The van der Waals surface area contributed by atoms with E-state index in [1.54, 1.807) is 0 Å². The van der Waals surface area contributed by atoms with Crippen LogP contribution in [-0.4, -0.2) is 19.1 Å². The Balaban J connectivity index is 1.24. The van der Waals surface area contributed by atoms with Crippen molar-refractivity contribution in [3.63, 3.8) is 0 Å². The maximum absolute atomic E-state index is 2.45. The Morgan fingerprint density at radius 1 is 0.413 bits per heavy atom. The van der Waals surface area contributed by atoms with Gasteiger partial charge in [-0.2, -0.15) is 0 Å². The molecule has 0 spiro atoms. The second-order valence-corrected chi connectivity index (χ2v) is 15.1. The first-order chi connectivity index (χ1) is 22.8. The number of nitrogens with zero attached hydrogens (tertiary/aromatic N) is 2. The van der Waals surface area contributed by atoms with Gasteiger partial charge in [-0.25, -0.2) is 0 Å². The SMILES string of the molecule is c1ccc(-n2c3ccccc3c3ccc(N(c4ccc5c(c4)sc4ccccc45)c4ccc5c(c4)[se]c4ccccc45)cc32)cc1. The van der Waals surface area contributed by atoms with Crippen LogP contribution in [0.15, 0.2) is 158 Å². The first-order valence-electron chi connectivity index (χ1n) is 15.5. The molecular weight excluding hydrogens is 644 g/mol. The number of fused-ring (bicyclic) bond motifs is 9. The minimum absolute atomic E-state index is 0.284. The summed E-state index contributed by atoms with van der Waals surface area (Å²) in [6.45, 7) is 0. The van der Waals surface area contributed by atoms with Crippen LogP contribution in [0, 0.1) is 0 Å². The first-order valence-corrected chi connectivity index (χ1v) is 18.0. The molecule has 0 amide bonds. The van der Waals surface area contributed by atoms with Gasteiger partial charge in [0.1, 0.15) is 0 Å². The summed E-state index contributed by atoms with van der Waals surface area (Å²) in [7, 11) is 0. The summed E-state index contributed by atoms with van der Waals surface area (Å²) in [5.41, 5.74) is 7.10. The molecule has 0 aliphatic rings. The fourth-order valence-corrected chi connectivity index (χ4v) is 10.6. The molecule has 3 aromatic heterocycles. The fraction of sp³-hybridized carbons (Fsp3) is 0. The van der Waals surface area contributed by atoms with E-state index in [1.165, 1.54) is 78.3 Å². The molecule has 0 saturated carbocycles. The van der Waals surface area contributed by atoms with Crippen molar-refractivity contribution in [3.8, 4) is 5.69 Å². The first kappa shape index (κ1) is 26.1. The molecule has 0 N–H and O–H groups in total. The van der Waals surface area contributed by atoms with E-state index in [1.807, 2.05) is 11.3 Å². The summed E-state index contributed by atoms with van der Waals surface area (Å²) < 4.78 is 7.95. The van der Waals surface area contributed by atoms with Gasteiger partial charge in [0, 0.05) is 0 Å². The fourth-order valence-electron chi connectivity index (χ4n) is 7.11. The van der Waals surface area contributed by atoms with E-state index < -0.39 is 0 Å². The molecule has 216 valence electrons. The Hall–Kier alpha value is -5.12. The molecular formula is C42H26N2SSe. The molecule has 0 aliphatic carbocycles. The average molecular weight is 670 g/mol. The summed E-state index contributed by atoms with van der Waals surface area (Å²) in [5.74, 6) is 0. The summed E-state index contributed by atoms with van der Waals surface area (Å²) in [6.07, 6.45) is 0. The zero-order valence-electron chi connectivity index (χ0n) is 24.7. The van der Waals surface area contributed by atoms with E-state index in [-0.39, 0.29) is 14.5 Å². The van der Waals surface area contributed by atoms with Crippen LogP contribution in [0.1, 0.15) is 0 Å². The number of para-hydroxylation sites is 2. The summed E-state index contributed by atoms with van der Waals surface area (Å²) in [6, 6.07) is 58.2. The minimum atomic E-state index is 0.284. The van der Waals surface area contributed by atoms with Crippen molar-refractivity contribution in [2.75, 3.05) is 4.90 Å². The quantitative estimate of drug-likeness (QED) is 0.169. The zero-order valence-corrected chi connectivity index (χ0v) is 27.3. The molecule has 46 heavy (non-hydrogen) atoms. The van der Waals surface area contributed by atoms with Gasteiger partial charge >= 0.3 is 277 Å². The van der Waals surface area contributed by atoms with E-state index in [2.05, 4.69) is 167 Å². The third kappa shape index (κ3) is 3.95.